The molecule has 0 aromatic heterocycles. The summed E-state index contributed by atoms with van der Waals surface area (Å²) in [5, 5.41) is 7.02. The van der Waals surface area contributed by atoms with Crippen LogP contribution in [-0.4, -0.2) is 30.7 Å². The molecule has 7 heteroatoms. The number of nitrogens with zero attached hydrogens (tertiary/aromatic N) is 1. The summed E-state index contributed by atoms with van der Waals surface area (Å²) in [5.74, 6) is -0.883. The highest BCUT2D eigenvalue weighted by molar-refractivity contribution is 6.35. The second-order valence-electron chi connectivity index (χ2n) is 4.73. The minimum atomic E-state index is -0.790. The van der Waals surface area contributed by atoms with Gasteiger partial charge in [0.05, 0.1) is 12.8 Å². The Morgan fingerprint density at radius 2 is 2.05 bits per heavy atom. The van der Waals surface area contributed by atoms with Gasteiger partial charge in [-0.3, -0.25) is 9.59 Å². The molecule has 2 amide bonds. The number of nitrogens with one attached hydrogen (secondary N) is 2. The van der Waals surface area contributed by atoms with Crippen LogP contribution in [-0.2, 0) is 9.59 Å². The molecule has 0 atom stereocenters. The number of amides is 2. The smallest absolute Gasteiger partial charge is 0.329 e. The molecule has 0 heterocycles. The summed E-state index contributed by atoms with van der Waals surface area (Å²) in [6.07, 6.45) is 1.84. The van der Waals surface area contributed by atoms with Gasteiger partial charge in [-0.05, 0) is 38.0 Å². The van der Waals surface area contributed by atoms with Crippen molar-refractivity contribution in [2.24, 2.45) is 5.10 Å². The van der Waals surface area contributed by atoms with E-state index in [0.29, 0.717) is 22.0 Å². The molecule has 1 saturated carbocycles. The lowest BCUT2D eigenvalue weighted by Gasteiger charge is -2.08. The zero-order valence-electron chi connectivity index (χ0n) is 11.8. The Labute approximate surface area is 127 Å². The van der Waals surface area contributed by atoms with Crippen LogP contribution in [0.4, 0.5) is 0 Å². The first-order valence-electron chi connectivity index (χ1n) is 6.50. The molecule has 1 aromatic rings. The highest BCUT2D eigenvalue weighted by Crippen LogP contribution is 2.23. The summed E-state index contributed by atoms with van der Waals surface area (Å²) in [5.41, 5.74) is 3.36. The molecule has 0 saturated heterocycles. The fourth-order valence-corrected chi connectivity index (χ4v) is 1.86. The maximum Gasteiger partial charge on any atom is 0.329 e. The summed E-state index contributed by atoms with van der Waals surface area (Å²) in [6, 6.07) is 5.20. The number of halogens is 1. The zero-order valence-corrected chi connectivity index (χ0v) is 12.5. The molecular weight excluding hydrogens is 294 g/mol. The van der Waals surface area contributed by atoms with Crippen molar-refractivity contribution in [1.82, 2.24) is 10.7 Å². The van der Waals surface area contributed by atoms with Crippen molar-refractivity contribution < 1.29 is 14.3 Å². The third-order valence-corrected chi connectivity index (χ3v) is 3.23. The zero-order chi connectivity index (χ0) is 15.4. The summed E-state index contributed by atoms with van der Waals surface area (Å²) in [4.78, 5) is 23.1. The molecule has 1 aliphatic carbocycles. The van der Waals surface area contributed by atoms with Gasteiger partial charge in [-0.2, -0.15) is 5.10 Å². The fourth-order valence-electron chi connectivity index (χ4n) is 1.69. The second kappa shape index (κ2) is 6.58. The van der Waals surface area contributed by atoms with Crippen molar-refractivity contribution in [3.8, 4) is 5.75 Å². The third-order valence-electron chi connectivity index (χ3n) is 3.00. The predicted octanol–water partition coefficient (Wildman–Crippen LogP) is 1.47. The number of hydrogen-bond acceptors (Lipinski definition) is 4. The molecule has 6 nitrogen and oxygen atoms in total. The lowest BCUT2D eigenvalue weighted by Crippen LogP contribution is -2.39. The molecule has 1 fully saturated rings. The van der Waals surface area contributed by atoms with E-state index in [1.807, 2.05) is 0 Å². The molecule has 0 spiro atoms. The van der Waals surface area contributed by atoms with Gasteiger partial charge in [0.25, 0.3) is 0 Å². The molecule has 0 unspecified atom stereocenters. The number of carbonyl (C=O) groups excluding carboxylic acids is 2. The Kier molecular flexibility index (Phi) is 4.80. The summed E-state index contributed by atoms with van der Waals surface area (Å²) < 4.78 is 5.21. The largest absolute Gasteiger partial charge is 0.496 e. The van der Waals surface area contributed by atoms with Gasteiger partial charge in [-0.25, -0.2) is 5.43 Å². The second-order valence-corrected chi connectivity index (χ2v) is 5.17. The van der Waals surface area contributed by atoms with E-state index in [-0.39, 0.29) is 6.04 Å². The average Bonchev–Trinajstić information content (AvgIpc) is 3.28. The standard InChI is InChI=1S/C14H16ClN3O3/c1-8(11-7-9(15)3-6-12(11)21-2)17-18-14(20)13(19)16-10-4-5-10/h3,6-7,10H,4-5H2,1-2H3,(H,16,19)(H,18,20)/b17-8-. The molecule has 2 rings (SSSR count). The van der Waals surface area contributed by atoms with Gasteiger partial charge in [0.1, 0.15) is 5.75 Å². The van der Waals surface area contributed by atoms with Crippen molar-refractivity contribution in [3.05, 3.63) is 28.8 Å². The van der Waals surface area contributed by atoms with Crippen LogP contribution in [0.5, 0.6) is 5.75 Å². The Hall–Kier alpha value is -2.08. The van der Waals surface area contributed by atoms with Crippen LogP contribution in [0, 0.1) is 0 Å². The first-order valence-corrected chi connectivity index (χ1v) is 6.88. The van der Waals surface area contributed by atoms with E-state index in [9.17, 15) is 9.59 Å². The molecular formula is C14H16ClN3O3. The Bertz CT molecular complexity index is 597. The highest BCUT2D eigenvalue weighted by atomic mass is 35.5. The van der Waals surface area contributed by atoms with Crippen molar-refractivity contribution >= 4 is 29.1 Å². The van der Waals surface area contributed by atoms with E-state index in [2.05, 4.69) is 15.8 Å². The Balaban J connectivity index is 2.04. The van der Waals surface area contributed by atoms with E-state index >= 15 is 0 Å². The number of hydrazone groups is 1. The summed E-state index contributed by atoms with van der Waals surface area (Å²) in [7, 11) is 1.53. The SMILES string of the molecule is COc1ccc(Cl)cc1/C(C)=N\NC(=O)C(=O)NC1CC1. The number of methoxy groups -OCH3 is 1. The van der Waals surface area contributed by atoms with Gasteiger partial charge in [-0.15, -0.1) is 0 Å². The van der Waals surface area contributed by atoms with Crippen LogP contribution < -0.4 is 15.5 Å². The van der Waals surface area contributed by atoms with Crippen LogP contribution >= 0.6 is 11.6 Å². The van der Waals surface area contributed by atoms with Crippen molar-refractivity contribution in [2.75, 3.05) is 7.11 Å². The number of carbonyl (C=O) groups is 2. The third kappa shape index (κ3) is 4.19. The Morgan fingerprint density at radius 3 is 2.67 bits per heavy atom. The van der Waals surface area contributed by atoms with Gasteiger partial charge >= 0.3 is 11.8 Å². The van der Waals surface area contributed by atoms with E-state index in [1.54, 1.807) is 25.1 Å². The van der Waals surface area contributed by atoms with Gasteiger partial charge in [-0.1, -0.05) is 11.6 Å². The van der Waals surface area contributed by atoms with Crippen LogP contribution in [0.15, 0.2) is 23.3 Å². The van der Waals surface area contributed by atoms with Gasteiger partial charge in [0, 0.05) is 16.6 Å². The molecule has 0 radical (unpaired) electrons. The highest BCUT2D eigenvalue weighted by Gasteiger charge is 2.26. The van der Waals surface area contributed by atoms with Crippen LogP contribution in [0.25, 0.3) is 0 Å². The molecule has 21 heavy (non-hydrogen) atoms. The predicted molar refractivity (Wildman–Crippen MR) is 79.5 cm³/mol. The number of benzene rings is 1. The normalized spacial score (nSPS) is 14.5. The monoisotopic (exact) mass is 309 g/mol. The Morgan fingerprint density at radius 1 is 1.33 bits per heavy atom. The maximum absolute atomic E-state index is 11.6. The minimum absolute atomic E-state index is 0.126. The van der Waals surface area contributed by atoms with Crippen LogP contribution in [0.1, 0.15) is 25.3 Å². The first-order chi connectivity index (χ1) is 10.0. The van der Waals surface area contributed by atoms with E-state index in [4.69, 9.17) is 16.3 Å². The van der Waals surface area contributed by atoms with Crippen molar-refractivity contribution in [1.29, 1.82) is 0 Å². The molecule has 1 aliphatic rings. The molecule has 2 N–H and O–H groups in total. The van der Waals surface area contributed by atoms with E-state index in [1.165, 1.54) is 7.11 Å². The van der Waals surface area contributed by atoms with Crippen molar-refractivity contribution in [2.45, 2.75) is 25.8 Å². The number of rotatable bonds is 4. The lowest BCUT2D eigenvalue weighted by atomic mass is 10.1. The average molecular weight is 310 g/mol. The minimum Gasteiger partial charge on any atom is -0.496 e. The molecule has 0 bridgehead atoms. The van der Waals surface area contributed by atoms with Crippen molar-refractivity contribution in [3.63, 3.8) is 0 Å². The maximum atomic E-state index is 11.6. The van der Waals surface area contributed by atoms with Crippen LogP contribution in [0.2, 0.25) is 5.02 Å². The van der Waals surface area contributed by atoms with Gasteiger partial charge in [0.2, 0.25) is 0 Å². The van der Waals surface area contributed by atoms with Gasteiger partial charge < -0.3 is 10.1 Å². The molecule has 0 aliphatic heterocycles. The van der Waals surface area contributed by atoms with Crippen LogP contribution in [0.3, 0.4) is 0 Å². The molecule has 112 valence electrons. The summed E-state index contributed by atoms with van der Waals surface area (Å²) in [6.45, 7) is 1.69. The number of ether oxygens (including phenoxy) is 1. The van der Waals surface area contributed by atoms with Gasteiger partial charge in [0.15, 0.2) is 0 Å². The van der Waals surface area contributed by atoms with E-state index in [0.717, 1.165) is 12.8 Å². The topological polar surface area (TPSA) is 79.8 Å². The lowest BCUT2D eigenvalue weighted by molar-refractivity contribution is -0.139. The molecule has 1 aromatic carbocycles. The quantitative estimate of drug-likeness (QED) is 0.502. The van der Waals surface area contributed by atoms with E-state index < -0.39 is 11.8 Å². The summed E-state index contributed by atoms with van der Waals surface area (Å²) >= 11 is 5.93. The number of hydrogen-bond donors (Lipinski definition) is 2. The fraction of sp³-hybridized carbons (Fsp3) is 0.357. The first kappa shape index (κ1) is 15.3.